The predicted octanol–water partition coefficient (Wildman–Crippen LogP) is 2.18. The van der Waals surface area contributed by atoms with Crippen LogP contribution in [0.25, 0.3) is 0 Å². The van der Waals surface area contributed by atoms with Gasteiger partial charge >= 0.3 is 0 Å². The van der Waals surface area contributed by atoms with Crippen molar-refractivity contribution in [1.29, 1.82) is 0 Å². The first-order valence-electron chi connectivity index (χ1n) is 7.34. The third-order valence-electron chi connectivity index (χ3n) is 3.14. The lowest BCUT2D eigenvalue weighted by Crippen LogP contribution is -2.31. The van der Waals surface area contributed by atoms with Crippen LogP contribution in [0.2, 0.25) is 0 Å². The van der Waals surface area contributed by atoms with Crippen LogP contribution in [0.4, 0.5) is 0 Å². The van der Waals surface area contributed by atoms with Crippen LogP contribution >= 0.6 is 0 Å². The lowest BCUT2D eigenvalue weighted by molar-refractivity contribution is 0.144. The Labute approximate surface area is 118 Å². The van der Waals surface area contributed by atoms with Crippen LogP contribution < -0.4 is 5.32 Å². The molecule has 0 unspecified atom stereocenters. The Morgan fingerprint density at radius 2 is 1.89 bits per heavy atom. The number of nitrogens with zero attached hydrogens (tertiary/aromatic N) is 1. The minimum Gasteiger partial charge on any atom is -0.382 e. The molecule has 19 heavy (non-hydrogen) atoms. The third kappa shape index (κ3) is 8.76. The van der Waals surface area contributed by atoms with Crippen molar-refractivity contribution in [3.05, 3.63) is 35.9 Å². The van der Waals surface area contributed by atoms with Gasteiger partial charge in [-0.05, 0) is 38.9 Å². The SMILES string of the molecule is CCOCCCNCCN(C)CCc1ccccc1. The average Bonchev–Trinajstić information content (AvgIpc) is 2.45. The zero-order chi connectivity index (χ0) is 13.8. The Morgan fingerprint density at radius 3 is 2.63 bits per heavy atom. The van der Waals surface area contributed by atoms with E-state index in [9.17, 15) is 0 Å². The second-order valence-corrected chi connectivity index (χ2v) is 4.84. The van der Waals surface area contributed by atoms with Gasteiger partial charge in [-0.2, -0.15) is 0 Å². The highest BCUT2D eigenvalue weighted by Gasteiger charge is 1.98. The maximum Gasteiger partial charge on any atom is 0.0477 e. The zero-order valence-corrected chi connectivity index (χ0v) is 12.4. The van der Waals surface area contributed by atoms with Gasteiger partial charge < -0.3 is 15.0 Å². The molecule has 0 spiro atoms. The lowest BCUT2D eigenvalue weighted by Gasteiger charge is -2.16. The van der Waals surface area contributed by atoms with Gasteiger partial charge in [0.15, 0.2) is 0 Å². The molecule has 0 aliphatic rings. The van der Waals surface area contributed by atoms with Crippen molar-refractivity contribution in [2.45, 2.75) is 19.8 Å². The smallest absolute Gasteiger partial charge is 0.0477 e. The molecule has 0 saturated heterocycles. The summed E-state index contributed by atoms with van der Waals surface area (Å²) in [6.45, 7) is 8.04. The van der Waals surface area contributed by atoms with Gasteiger partial charge in [0.2, 0.25) is 0 Å². The van der Waals surface area contributed by atoms with Crippen molar-refractivity contribution in [1.82, 2.24) is 10.2 Å². The van der Waals surface area contributed by atoms with Gasteiger partial charge in [-0.15, -0.1) is 0 Å². The van der Waals surface area contributed by atoms with E-state index in [1.54, 1.807) is 0 Å². The summed E-state index contributed by atoms with van der Waals surface area (Å²) in [5.74, 6) is 0. The first-order valence-corrected chi connectivity index (χ1v) is 7.34. The molecule has 0 amide bonds. The Balaban J connectivity index is 1.95. The van der Waals surface area contributed by atoms with Gasteiger partial charge in [-0.1, -0.05) is 30.3 Å². The average molecular weight is 264 g/mol. The normalized spacial score (nSPS) is 11.1. The van der Waals surface area contributed by atoms with Gasteiger partial charge in [0.25, 0.3) is 0 Å². The molecular weight excluding hydrogens is 236 g/mol. The fraction of sp³-hybridized carbons (Fsp3) is 0.625. The van der Waals surface area contributed by atoms with Crippen molar-refractivity contribution in [3.8, 4) is 0 Å². The highest BCUT2D eigenvalue weighted by atomic mass is 16.5. The van der Waals surface area contributed by atoms with Crippen LogP contribution in [0.1, 0.15) is 18.9 Å². The summed E-state index contributed by atoms with van der Waals surface area (Å²) in [7, 11) is 2.19. The molecule has 0 bridgehead atoms. The summed E-state index contributed by atoms with van der Waals surface area (Å²) in [4.78, 5) is 2.38. The fourth-order valence-corrected chi connectivity index (χ4v) is 1.91. The number of ether oxygens (including phenoxy) is 1. The Hall–Kier alpha value is -0.900. The van der Waals surface area contributed by atoms with Gasteiger partial charge in [0, 0.05) is 32.8 Å². The third-order valence-corrected chi connectivity index (χ3v) is 3.14. The van der Waals surface area contributed by atoms with E-state index < -0.39 is 0 Å². The van der Waals surface area contributed by atoms with Gasteiger partial charge in [-0.25, -0.2) is 0 Å². The van der Waals surface area contributed by atoms with Crippen LogP contribution in [0.5, 0.6) is 0 Å². The highest BCUT2D eigenvalue weighted by Crippen LogP contribution is 2.00. The molecular formula is C16H28N2O. The topological polar surface area (TPSA) is 24.5 Å². The first kappa shape index (κ1) is 16.2. The van der Waals surface area contributed by atoms with Crippen molar-refractivity contribution < 1.29 is 4.74 Å². The van der Waals surface area contributed by atoms with E-state index in [0.29, 0.717) is 0 Å². The Morgan fingerprint density at radius 1 is 1.11 bits per heavy atom. The van der Waals surface area contributed by atoms with E-state index in [4.69, 9.17) is 4.74 Å². The molecule has 1 aromatic carbocycles. The number of benzene rings is 1. The van der Waals surface area contributed by atoms with E-state index in [2.05, 4.69) is 47.6 Å². The highest BCUT2D eigenvalue weighted by molar-refractivity contribution is 5.14. The molecule has 1 aromatic rings. The van der Waals surface area contributed by atoms with Crippen molar-refractivity contribution in [2.75, 3.05) is 46.4 Å². The lowest BCUT2D eigenvalue weighted by atomic mass is 10.1. The maximum atomic E-state index is 5.30. The summed E-state index contributed by atoms with van der Waals surface area (Å²) < 4.78 is 5.30. The molecule has 0 fully saturated rings. The van der Waals surface area contributed by atoms with Gasteiger partial charge in [-0.3, -0.25) is 0 Å². The molecule has 0 aromatic heterocycles. The van der Waals surface area contributed by atoms with Crippen LogP contribution in [0, 0.1) is 0 Å². The first-order chi connectivity index (χ1) is 9.33. The minimum absolute atomic E-state index is 0.822. The molecule has 1 rings (SSSR count). The number of rotatable bonds is 11. The molecule has 0 radical (unpaired) electrons. The Bertz CT molecular complexity index is 303. The van der Waals surface area contributed by atoms with Gasteiger partial charge in [0.05, 0.1) is 0 Å². The molecule has 1 N–H and O–H groups in total. The summed E-state index contributed by atoms with van der Waals surface area (Å²) in [6, 6.07) is 10.7. The molecule has 108 valence electrons. The predicted molar refractivity (Wildman–Crippen MR) is 81.6 cm³/mol. The van der Waals surface area contributed by atoms with E-state index in [-0.39, 0.29) is 0 Å². The van der Waals surface area contributed by atoms with Crippen molar-refractivity contribution in [2.24, 2.45) is 0 Å². The van der Waals surface area contributed by atoms with E-state index >= 15 is 0 Å². The largest absolute Gasteiger partial charge is 0.382 e. The van der Waals surface area contributed by atoms with Gasteiger partial charge in [0.1, 0.15) is 0 Å². The molecule has 3 heteroatoms. The molecule has 0 atom stereocenters. The molecule has 0 saturated carbocycles. The quantitative estimate of drug-likeness (QED) is 0.620. The number of hydrogen-bond donors (Lipinski definition) is 1. The van der Waals surface area contributed by atoms with Crippen LogP contribution in [-0.2, 0) is 11.2 Å². The van der Waals surface area contributed by atoms with E-state index in [0.717, 1.165) is 52.2 Å². The van der Waals surface area contributed by atoms with Crippen molar-refractivity contribution >= 4 is 0 Å². The molecule has 0 aliphatic carbocycles. The Kier molecular flexibility index (Phi) is 9.33. The van der Waals surface area contributed by atoms with Crippen LogP contribution in [0.3, 0.4) is 0 Å². The minimum atomic E-state index is 0.822. The summed E-state index contributed by atoms with van der Waals surface area (Å²) in [5, 5.41) is 3.45. The van der Waals surface area contributed by atoms with Crippen LogP contribution in [-0.4, -0.2) is 51.3 Å². The second-order valence-electron chi connectivity index (χ2n) is 4.84. The van der Waals surface area contributed by atoms with E-state index in [1.807, 2.05) is 6.92 Å². The maximum absolute atomic E-state index is 5.30. The molecule has 0 heterocycles. The second kappa shape index (κ2) is 11.0. The molecule has 3 nitrogen and oxygen atoms in total. The van der Waals surface area contributed by atoms with E-state index in [1.165, 1.54) is 5.56 Å². The van der Waals surface area contributed by atoms with Crippen LogP contribution in [0.15, 0.2) is 30.3 Å². The summed E-state index contributed by atoms with van der Waals surface area (Å²) >= 11 is 0. The summed E-state index contributed by atoms with van der Waals surface area (Å²) in [6.07, 6.45) is 2.23. The summed E-state index contributed by atoms with van der Waals surface area (Å²) in [5.41, 5.74) is 1.42. The number of nitrogens with one attached hydrogen (secondary N) is 1. The molecule has 0 aliphatic heterocycles. The zero-order valence-electron chi connectivity index (χ0n) is 12.4. The fourth-order valence-electron chi connectivity index (χ4n) is 1.91. The number of hydrogen-bond acceptors (Lipinski definition) is 3. The standard InChI is InChI=1S/C16H28N2O/c1-3-19-15-7-11-17-12-14-18(2)13-10-16-8-5-4-6-9-16/h4-6,8-9,17H,3,7,10-15H2,1-2H3. The number of likely N-dealkylation sites (N-methyl/N-ethyl adjacent to an activating group) is 1. The monoisotopic (exact) mass is 264 g/mol. The van der Waals surface area contributed by atoms with Crippen molar-refractivity contribution in [3.63, 3.8) is 0 Å².